The maximum atomic E-state index is 12.4. The summed E-state index contributed by atoms with van der Waals surface area (Å²) < 4.78 is 10.6. The molecule has 2 aromatic heterocycles. The Hall–Kier alpha value is -3.68. The van der Waals surface area contributed by atoms with Crippen molar-refractivity contribution in [3.05, 3.63) is 53.9 Å². The van der Waals surface area contributed by atoms with E-state index in [1.165, 1.54) is 6.92 Å². The fourth-order valence-electron chi connectivity index (χ4n) is 4.08. The molecule has 1 fully saturated rings. The molecule has 0 unspecified atom stereocenters. The molecule has 1 N–H and O–H groups in total. The van der Waals surface area contributed by atoms with Crippen molar-refractivity contribution >= 4 is 17.7 Å². The molecule has 8 heteroatoms. The van der Waals surface area contributed by atoms with E-state index in [4.69, 9.17) is 9.26 Å². The van der Waals surface area contributed by atoms with E-state index in [0.717, 1.165) is 33.8 Å². The molecule has 3 aromatic rings. The second kappa shape index (κ2) is 6.98. The second-order valence-electron chi connectivity index (χ2n) is 7.60. The standard InChI is InChI=1S/C22H20N4O4/c1-12-7-18(25-30-12)17-5-3-15(10-24-17)14-4-6-19-16(8-14)9-20-21(11-23-13(2)27)29-22(28)26(19)20/h3-8,10,20-21H,9,11H2,1-2H3,(H,23,27)/t20-,21-/m0/s1. The van der Waals surface area contributed by atoms with Crippen LogP contribution < -0.4 is 10.2 Å². The molecule has 0 aliphatic carbocycles. The zero-order valence-electron chi connectivity index (χ0n) is 16.6. The van der Waals surface area contributed by atoms with Gasteiger partial charge in [0.25, 0.3) is 0 Å². The number of benzene rings is 1. The van der Waals surface area contributed by atoms with Gasteiger partial charge in [-0.2, -0.15) is 0 Å². The Morgan fingerprint density at radius 3 is 2.73 bits per heavy atom. The Balaban J connectivity index is 1.39. The number of aryl methyl sites for hydroxylation is 1. The number of cyclic esters (lactones) is 1. The van der Waals surface area contributed by atoms with Crippen LogP contribution in [-0.2, 0) is 16.0 Å². The van der Waals surface area contributed by atoms with E-state index in [1.54, 1.807) is 4.90 Å². The fraction of sp³-hybridized carbons (Fsp3) is 0.273. The molecular weight excluding hydrogens is 384 g/mol. The molecule has 0 bridgehead atoms. The Labute approximate surface area is 172 Å². The number of ether oxygens (including phenoxy) is 1. The molecule has 2 atom stereocenters. The van der Waals surface area contributed by atoms with Gasteiger partial charge in [-0.05, 0) is 42.7 Å². The Morgan fingerprint density at radius 1 is 1.20 bits per heavy atom. The van der Waals surface area contributed by atoms with Crippen LogP contribution in [0.1, 0.15) is 18.2 Å². The maximum Gasteiger partial charge on any atom is 0.415 e. The molecule has 30 heavy (non-hydrogen) atoms. The minimum Gasteiger partial charge on any atom is -0.442 e. The third kappa shape index (κ3) is 3.10. The number of nitrogens with zero attached hydrogens (tertiary/aromatic N) is 3. The van der Waals surface area contributed by atoms with Crippen molar-refractivity contribution in [2.24, 2.45) is 0 Å². The molecule has 1 saturated heterocycles. The van der Waals surface area contributed by atoms with Crippen LogP contribution in [-0.4, -0.2) is 40.8 Å². The molecule has 2 aliphatic rings. The van der Waals surface area contributed by atoms with Crippen LogP contribution in [0.5, 0.6) is 0 Å². The number of anilines is 1. The quantitative estimate of drug-likeness (QED) is 0.718. The van der Waals surface area contributed by atoms with Crippen LogP contribution in [0.3, 0.4) is 0 Å². The van der Waals surface area contributed by atoms with Crippen molar-refractivity contribution < 1.29 is 18.8 Å². The molecule has 1 aromatic carbocycles. The number of carbonyl (C=O) groups excluding carboxylic acids is 2. The number of amides is 2. The van der Waals surface area contributed by atoms with Gasteiger partial charge in [0.1, 0.15) is 17.6 Å². The number of hydrogen-bond acceptors (Lipinski definition) is 6. The van der Waals surface area contributed by atoms with Crippen LogP contribution in [0.4, 0.5) is 10.5 Å². The molecule has 2 aliphatic heterocycles. The fourth-order valence-corrected chi connectivity index (χ4v) is 4.08. The number of nitrogens with one attached hydrogen (secondary N) is 1. The predicted molar refractivity (Wildman–Crippen MR) is 109 cm³/mol. The van der Waals surface area contributed by atoms with Crippen LogP contribution in [0.15, 0.2) is 47.1 Å². The third-order valence-electron chi connectivity index (χ3n) is 5.52. The molecule has 0 spiro atoms. The Bertz CT molecular complexity index is 1140. The Morgan fingerprint density at radius 2 is 2.03 bits per heavy atom. The van der Waals surface area contributed by atoms with Gasteiger partial charge in [-0.1, -0.05) is 17.3 Å². The van der Waals surface area contributed by atoms with Gasteiger partial charge in [-0.15, -0.1) is 0 Å². The predicted octanol–water partition coefficient (Wildman–Crippen LogP) is 3.10. The van der Waals surface area contributed by atoms with Crippen LogP contribution >= 0.6 is 0 Å². The summed E-state index contributed by atoms with van der Waals surface area (Å²) in [5.74, 6) is 0.601. The summed E-state index contributed by atoms with van der Waals surface area (Å²) in [7, 11) is 0. The van der Waals surface area contributed by atoms with Crippen LogP contribution in [0.25, 0.3) is 22.5 Å². The van der Waals surface area contributed by atoms with E-state index in [1.807, 2.05) is 43.5 Å². The highest BCUT2D eigenvalue weighted by molar-refractivity contribution is 5.94. The highest BCUT2D eigenvalue weighted by atomic mass is 16.6. The van der Waals surface area contributed by atoms with Crippen molar-refractivity contribution in [2.45, 2.75) is 32.4 Å². The van der Waals surface area contributed by atoms with Crippen molar-refractivity contribution in [1.29, 1.82) is 0 Å². The summed E-state index contributed by atoms with van der Waals surface area (Å²) in [4.78, 5) is 29.8. The smallest absolute Gasteiger partial charge is 0.415 e. The largest absolute Gasteiger partial charge is 0.442 e. The first-order valence-corrected chi connectivity index (χ1v) is 9.77. The maximum absolute atomic E-state index is 12.4. The molecule has 8 nitrogen and oxygen atoms in total. The first-order chi connectivity index (χ1) is 14.5. The molecule has 152 valence electrons. The van der Waals surface area contributed by atoms with Crippen LogP contribution in [0, 0.1) is 6.92 Å². The molecular formula is C22H20N4O4. The average Bonchev–Trinajstić information content (AvgIpc) is 3.41. The molecule has 2 amide bonds. The van der Waals surface area contributed by atoms with E-state index in [-0.39, 0.29) is 24.1 Å². The molecule has 4 heterocycles. The van der Waals surface area contributed by atoms with E-state index < -0.39 is 0 Å². The normalized spacial score (nSPS) is 19.4. The molecule has 0 radical (unpaired) electrons. The SMILES string of the molecule is CC(=O)NC[C@@H]1OC(=O)N2c3ccc(-c4ccc(-c5cc(C)on5)nc4)cc3C[C@@H]12. The summed E-state index contributed by atoms with van der Waals surface area (Å²) >= 11 is 0. The molecule has 5 rings (SSSR count). The molecule has 0 saturated carbocycles. The lowest BCUT2D eigenvalue weighted by Gasteiger charge is -2.16. The highest BCUT2D eigenvalue weighted by Gasteiger charge is 2.47. The lowest BCUT2D eigenvalue weighted by atomic mass is 10.0. The number of hydrogen-bond donors (Lipinski definition) is 1. The van der Waals surface area contributed by atoms with Gasteiger partial charge in [0.05, 0.1) is 24.0 Å². The second-order valence-corrected chi connectivity index (χ2v) is 7.60. The summed E-state index contributed by atoms with van der Waals surface area (Å²) in [6.45, 7) is 3.61. The number of fused-ring (bicyclic) bond motifs is 3. The summed E-state index contributed by atoms with van der Waals surface area (Å²) in [5, 5.41) is 6.74. The number of aromatic nitrogens is 2. The van der Waals surface area contributed by atoms with Gasteiger partial charge in [0.15, 0.2) is 0 Å². The zero-order chi connectivity index (χ0) is 20.8. The summed E-state index contributed by atoms with van der Waals surface area (Å²) in [6, 6.07) is 11.7. The van der Waals surface area contributed by atoms with E-state index in [0.29, 0.717) is 18.7 Å². The summed E-state index contributed by atoms with van der Waals surface area (Å²) in [5.41, 5.74) is 5.40. The monoisotopic (exact) mass is 404 g/mol. The van der Waals surface area contributed by atoms with Crippen LogP contribution in [0.2, 0.25) is 0 Å². The first-order valence-electron chi connectivity index (χ1n) is 9.77. The number of carbonyl (C=O) groups is 2. The van der Waals surface area contributed by atoms with E-state index in [2.05, 4.69) is 21.5 Å². The zero-order valence-corrected chi connectivity index (χ0v) is 16.6. The third-order valence-corrected chi connectivity index (χ3v) is 5.52. The van der Waals surface area contributed by atoms with Gasteiger partial charge < -0.3 is 14.6 Å². The topological polar surface area (TPSA) is 97.6 Å². The van der Waals surface area contributed by atoms with Gasteiger partial charge in [-0.25, -0.2) is 4.79 Å². The van der Waals surface area contributed by atoms with Crippen molar-refractivity contribution in [3.63, 3.8) is 0 Å². The van der Waals surface area contributed by atoms with E-state index >= 15 is 0 Å². The van der Waals surface area contributed by atoms with Gasteiger partial charge in [0, 0.05) is 24.8 Å². The summed E-state index contributed by atoms with van der Waals surface area (Å²) in [6.07, 6.45) is 1.77. The number of rotatable bonds is 4. The van der Waals surface area contributed by atoms with Crippen molar-refractivity contribution in [2.75, 3.05) is 11.4 Å². The van der Waals surface area contributed by atoms with Gasteiger partial charge in [0.2, 0.25) is 5.91 Å². The van der Waals surface area contributed by atoms with Crippen molar-refractivity contribution in [3.8, 4) is 22.5 Å². The first kappa shape index (κ1) is 18.4. The Kier molecular flexibility index (Phi) is 4.27. The number of pyridine rings is 1. The minimum atomic E-state index is -0.365. The van der Waals surface area contributed by atoms with Gasteiger partial charge >= 0.3 is 6.09 Å². The highest BCUT2D eigenvalue weighted by Crippen LogP contribution is 2.40. The average molecular weight is 404 g/mol. The minimum absolute atomic E-state index is 0.106. The lowest BCUT2D eigenvalue weighted by Crippen LogP contribution is -2.40. The van der Waals surface area contributed by atoms with Gasteiger partial charge in [-0.3, -0.25) is 14.7 Å². The van der Waals surface area contributed by atoms with Crippen molar-refractivity contribution in [1.82, 2.24) is 15.5 Å². The van der Waals surface area contributed by atoms with E-state index in [9.17, 15) is 9.59 Å². The lowest BCUT2D eigenvalue weighted by molar-refractivity contribution is -0.119.